The van der Waals surface area contributed by atoms with Crippen LogP contribution in [-0.4, -0.2) is 24.0 Å². The predicted octanol–water partition coefficient (Wildman–Crippen LogP) is 2.33. The average Bonchev–Trinajstić information content (AvgIpc) is 2.43. The quantitative estimate of drug-likeness (QED) is 0.638. The summed E-state index contributed by atoms with van der Waals surface area (Å²) in [5, 5.41) is 6.20. The maximum Gasteiger partial charge on any atom is 0.223 e. The number of aromatic nitrogens is 1. The normalized spacial score (nSPS) is 10.6. The second-order valence-electron chi connectivity index (χ2n) is 4.96. The summed E-state index contributed by atoms with van der Waals surface area (Å²) in [5.74, 6) is 1.13. The molecule has 0 atom stereocenters. The van der Waals surface area contributed by atoms with Crippen LogP contribution in [0.1, 0.15) is 38.8 Å². The minimum Gasteiger partial charge on any atom is -0.397 e. The molecule has 5 nitrogen and oxygen atoms in total. The standard InChI is InChI=1S/C15H26N4O/c1-4-12(5-2)15(20)18-10-6-9-17-14-8-7-13(16)11(3)19-14/h7-8,12H,4-6,9-10,16H2,1-3H3,(H,17,19)(H,18,20). The smallest absolute Gasteiger partial charge is 0.223 e. The summed E-state index contributed by atoms with van der Waals surface area (Å²) >= 11 is 0. The Labute approximate surface area is 121 Å². The van der Waals surface area contributed by atoms with Crippen molar-refractivity contribution in [2.75, 3.05) is 24.1 Å². The van der Waals surface area contributed by atoms with E-state index >= 15 is 0 Å². The van der Waals surface area contributed by atoms with E-state index in [1.54, 1.807) is 0 Å². The molecule has 0 aromatic carbocycles. The van der Waals surface area contributed by atoms with Crippen molar-refractivity contribution in [1.29, 1.82) is 0 Å². The molecule has 1 heterocycles. The monoisotopic (exact) mass is 278 g/mol. The molecule has 1 aromatic heterocycles. The number of nitrogens with zero attached hydrogens (tertiary/aromatic N) is 1. The van der Waals surface area contributed by atoms with Gasteiger partial charge >= 0.3 is 0 Å². The van der Waals surface area contributed by atoms with E-state index in [0.29, 0.717) is 12.2 Å². The van der Waals surface area contributed by atoms with Crippen LogP contribution in [0.15, 0.2) is 12.1 Å². The number of amides is 1. The molecule has 1 rings (SSSR count). The van der Waals surface area contributed by atoms with Crippen molar-refractivity contribution < 1.29 is 4.79 Å². The fourth-order valence-corrected chi connectivity index (χ4v) is 1.99. The van der Waals surface area contributed by atoms with Gasteiger partial charge in [0.05, 0.1) is 11.4 Å². The van der Waals surface area contributed by atoms with Gasteiger partial charge < -0.3 is 16.4 Å². The maximum absolute atomic E-state index is 11.8. The lowest BCUT2D eigenvalue weighted by molar-refractivity contribution is -0.125. The molecule has 20 heavy (non-hydrogen) atoms. The molecule has 0 bridgehead atoms. The number of hydrogen-bond donors (Lipinski definition) is 3. The van der Waals surface area contributed by atoms with Crippen molar-refractivity contribution in [3.8, 4) is 0 Å². The van der Waals surface area contributed by atoms with E-state index in [9.17, 15) is 4.79 Å². The van der Waals surface area contributed by atoms with E-state index in [1.807, 2.05) is 32.9 Å². The first-order chi connectivity index (χ1) is 9.58. The Morgan fingerprint density at radius 3 is 2.60 bits per heavy atom. The highest BCUT2D eigenvalue weighted by Crippen LogP contribution is 2.11. The van der Waals surface area contributed by atoms with Crippen LogP contribution >= 0.6 is 0 Å². The molecule has 1 aromatic rings. The molecule has 112 valence electrons. The Morgan fingerprint density at radius 1 is 1.30 bits per heavy atom. The van der Waals surface area contributed by atoms with Crippen molar-refractivity contribution in [3.05, 3.63) is 17.8 Å². The molecule has 0 aliphatic carbocycles. The number of aryl methyl sites for hydroxylation is 1. The van der Waals surface area contributed by atoms with Gasteiger partial charge in [-0.3, -0.25) is 4.79 Å². The van der Waals surface area contributed by atoms with E-state index in [2.05, 4.69) is 15.6 Å². The lowest BCUT2D eigenvalue weighted by Crippen LogP contribution is -2.31. The summed E-state index contributed by atoms with van der Waals surface area (Å²) in [6, 6.07) is 3.71. The SMILES string of the molecule is CCC(CC)C(=O)NCCCNc1ccc(N)c(C)n1. The zero-order valence-corrected chi connectivity index (χ0v) is 12.7. The topological polar surface area (TPSA) is 80.0 Å². The number of nitrogens with two attached hydrogens (primary N) is 1. The van der Waals surface area contributed by atoms with Gasteiger partial charge in [-0.05, 0) is 38.3 Å². The minimum absolute atomic E-state index is 0.143. The van der Waals surface area contributed by atoms with Gasteiger partial charge in [0, 0.05) is 19.0 Å². The highest BCUT2D eigenvalue weighted by molar-refractivity contribution is 5.78. The van der Waals surface area contributed by atoms with Gasteiger partial charge in [0.2, 0.25) is 5.91 Å². The summed E-state index contributed by atoms with van der Waals surface area (Å²) in [7, 11) is 0. The van der Waals surface area contributed by atoms with Crippen LogP contribution in [0.2, 0.25) is 0 Å². The summed E-state index contributed by atoms with van der Waals surface area (Å²) in [6.45, 7) is 7.45. The summed E-state index contributed by atoms with van der Waals surface area (Å²) < 4.78 is 0. The Morgan fingerprint density at radius 2 is 2.00 bits per heavy atom. The molecule has 0 unspecified atom stereocenters. The fraction of sp³-hybridized carbons (Fsp3) is 0.600. The first kappa shape index (κ1) is 16.3. The zero-order chi connectivity index (χ0) is 15.0. The number of rotatable bonds is 8. The van der Waals surface area contributed by atoms with Crippen molar-refractivity contribution in [1.82, 2.24) is 10.3 Å². The summed E-state index contributed by atoms with van der Waals surface area (Å²) in [6.07, 6.45) is 2.67. The van der Waals surface area contributed by atoms with E-state index in [-0.39, 0.29) is 11.8 Å². The Hall–Kier alpha value is -1.78. The van der Waals surface area contributed by atoms with Gasteiger partial charge in [-0.2, -0.15) is 0 Å². The molecular formula is C15H26N4O. The third kappa shape index (κ3) is 5.07. The highest BCUT2D eigenvalue weighted by atomic mass is 16.1. The summed E-state index contributed by atoms with van der Waals surface area (Å²) in [4.78, 5) is 16.1. The van der Waals surface area contributed by atoms with Gasteiger partial charge in [0.1, 0.15) is 5.82 Å². The van der Waals surface area contributed by atoms with Crippen LogP contribution < -0.4 is 16.4 Å². The van der Waals surface area contributed by atoms with E-state index in [1.165, 1.54) is 0 Å². The number of carbonyl (C=O) groups is 1. The van der Waals surface area contributed by atoms with Gasteiger partial charge in [0.15, 0.2) is 0 Å². The van der Waals surface area contributed by atoms with Gasteiger partial charge in [-0.25, -0.2) is 4.98 Å². The average molecular weight is 278 g/mol. The molecule has 0 fully saturated rings. The largest absolute Gasteiger partial charge is 0.397 e. The molecule has 0 saturated carbocycles. The second kappa shape index (κ2) is 8.40. The number of anilines is 2. The fourth-order valence-electron chi connectivity index (χ4n) is 1.99. The number of hydrogen-bond acceptors (Lipinski definition) is 4. The van der Waals surface area contributed by atoms with Crippen molar-refractivity contribution in [2.45, 2.75) is 40.0 Å². The van der Waals surface area contributed by atoms with Crippen molar-refractivity contribution >= 4 is 17.4 Å². The van der Waals surface area contributed by atoms with Gasteiger partial charge in [0.25, 0.3) is 0 Å². The van der Waals surface area contributed by atoms with Crippen LogP contribution in [0.3, 0.4) is 0 Å². The number of carbonyl (C=O) groups excluding carboxylic acids is 1. The van der Waals surface area contributed by atoms with Crippen molar-refractivity contribution in [2.24, 2.45) is 5.92 Å². The summed E-state index contributed by atoms with van der Waals surface area (Å²) in [5.41, 5.74) is 7.25. The van der Waals surface area contributed by atoms with Crippen LogP contribution in [0.4, 0.5) is 11.5 Å². The molecule has 0 radical (unpaired) electrons. The van der Waals surface area contributed by atoms with Crippen LogP contribution in [-0.2, 0) is 4.79 Å². The van der Waals surface area contributed by atoms with Crippen LogP contribution in [0.5, 0.6) is 0 Å². The molecular weight excluding hydrogens is 252 g/mol. The molecule has 1 amide bonds. The first-order valence-electron chi connectivity index (χ1n) is 7.33. The second-order valence-corrected chi connectivity index (χ2v) is 4.96. The number of nitrogens with one attached hydrogen (secondary N) is 2. The Bertz CT molecular complexity index is 430. The molecule has 0 aliphatic rings. The molecule has 0 saturated heterocycles. The maximum atomic E-state index is 11.8. The van der Waals surface area contributed by atoms with Gasteiger partial charge in [-0.1, -0.05) is 13.8 Å². The predicted molar refractivity (Wildman–Crippen MR) is 83.6 cm³/mol. The number of nitrogen functional groups attached to an aromatic ring is 1. The lowest BCUT2D eigenvalue weighted by Gasteiger charge is -2.13. The third-order valence-corrected chi connectivity index (χ3v) is 3.44. The lowest BCUT2D eigenvalue weighted by atomic mass is 10.0. The van der Waals surface area contributed by atoms with E-state index in [4.69, 9.17) is 5.73 Å². The molecule has 5 heteroatoms. The molecule has 0 aliphatic heterocycles. The van der Waals surface area contributed by atoms with Crippen molar-refractivity contribution in [3.63, 3.8) is 0 Å². The third-order valence-electron chi connectivity index (χ3n) is 3.44. The molecule has 0 spiro atoms. The van der Waals surface area contributed by atoms with Crippen LogP contribution in [0, 0.1) is 12.8 Å². The Kier molecular flexibility index (Phi) is 6.84. The van der Waals surface area contributed by atoms with E-state index in [0.717, 1.165) is 37.3 Å². The zero-order valence-electron chi connectivity index (χ0n) is 12.7. The number of pyridine rings is 1. The van der Waals surface area contributed by atoms with Gasteiger partial charge in [-0.15, -0.1) is 0 Å². The highest BCUT2D eigenvalue weighted by Gasteiger charge is 2.12. The van der Waals surface area contributed by atoms with E-state index < -0.39 is 0 Å². The molecule has 4 N–H and O–H groups in total. The minimum atomic E-state index is 0.143. The Balaban J connectivity index is 2.22. The first-order valence-corrected chi connectivity index (χ1v) is 7.33. The van der Waals surface area contributed by atoms with Crippen LogP contribution in [0.25, 0.3) is 0 Å².